The molecule has 0 unspecified atom stereocenters. The van der Waals surface area contributed by atoms with E-state index in [1.807, 2.05) is 31.2 Å². The highest BCUT2D eigenvalue weighted by molar-refractivity contribution is 5.76. The van der Waals surface area contributed by atoms with Gasteiger partial charge in [-0.2, -0.15) is 0 Å². The minimum atomic E-state index is 0.0410. The highest BCUT2D eigenvalue weighted by atomic mass is 16.5. The van der Waals surface area contributed by atoms with Gasteiger partial charge in [-0.05, 0) is 37.6 Å². The molecule has 0 aliphatic rings. The summed E-state index contributed by atoms with van der Waals surface area (Å²) >= 11 is 0. The summed E-state index contributed by atoms with van der Waals surface area (Å²) in [4.78, 5) is 15.9. The molecule has 0 aliphatic carbocycles. The monoisotopic (exact) mass is 316 g/mol. The average molecular weight is 316 g/mol. The van der Waals surface area contributed by atoms with Gasteiger partial charge in [0, 0.05) is 24.9 Å². The Morgan fingerprint density at radius 1 is 1.26 bits per heavy atom. The summed E-state index contributed by atoms with van der Waals surface area (Å²) < 4.78 is 11.1. The Kier molecular flexibility index (Phi) is 6.66. The van der Waals surface area contributed by atoms with E-state index in [1.54, 1.807) is 6.20 Å². The largest absolute Gasteiger partial charge is 0.494 e. The number of unbranched alkanes of at least 4 members (excludes halogenated alkanes) is 1. The van der Waals surface area contributed by atoms with Gasteiger partial charge < -0.3 is 14.5 Å². The normalized spacial score (nSPS) is 10.5. The fourth-order valence-electron chi connectivity index (χ4n) is 2.15. The Balaban J connectivity index is 1.86. The first-order valence-corrected chi connectivity index (χ1v) is 8.17. The molecule has 1 aromatic carbocycles. The van der Waals surface area contributed by atoms with Crippen LogP contribution in [0.25, 0.3) is 11.3 Å². The fraction of sp³-hybridized carbons (Fsp3) is 0.444. The van der Waals surface area contributed by atoms with Crippen LogP contribution in [0.1, 0.15) is 39.0 Å². The van der Waals surface area contributed by atoms with E-state index in [0.717, 1.165) is 30.7 Å². The molecule has 1 N–H and O–H groups in total. The second-order valence-corrected chi connectivity index (χ2v) is 5.28. The van der Waals surface area contributed by atoms with E-state index in [9.17, 15) is 4.79 Å². The molecule has 1 heterocycles. The van der Waals surface area contributed by atoms with Crippen molar-refractivity contribution in [2.75, 3.05) is 13.2 Å². The second kappa shape index (κ2) is 8.98. The first kappa shape index (κ1) is 17.1. The van der Waals surface area contributed by atoms with Crippen molar-refractivity contribution in [2.24, 2.45) is 0 Å². The number of aryl methyl sites for hydroxylation is 1. The summed E-state index contributed by atoms with van der Waals surface area (Å²) in [7, 11) is 0. The Morgan fingerprint density at radius 2 is 2.04 bits per heavy atom. The van der Waals surface area contributed by atoms with Crippen molar-refractivity contribution >= 4 is 5.91 Å². The highest BCUT2D eigenvalue weighted by Gasteiger charge is 2.09. The zero-order valence-corrected chi connectivity index (χ0v) is 13.8. The molecule has 2 rings (SSSR count). The Morgan fingerprint density at radius 3 is 2.74 bits per heavy atom. The SMILES string of the molecule is CCCCNC(=O)CCc1ncc(-c2ccc(OCC)cc2)o1. The van der Waals surface area contributed by atoms with Gasteiger partial charge in [0.25, 0.3) is 0 Å². The summed E-state index contributed by atoms with van der Waals surface area (Å²) in [5, 5.41) is 2.89. The minimum absolute atomic E-state index is 0.0410. The first-order valence-electron chi connectivity index (χ1n) is 8.17. The van der Waals surface area contributed by atoms with Crippen LogP contribution in [-0.2, 0) is 11.2 Å². The number of hydrogen-bond acceptors (Lipinski definition) is 4. The minimum Gasteiger partial charge on any atom is -0.494 e. The Hall–Kier alpha value is -2.30. The van der Waals surface area contributed by atoms with E-state index in [0.29, 0.717) is 31.1 Å². The number of amides is 1. The maximum atomic E-state index is 11.7. The third-order valence-corrected chi connectivity index (χ3v) is 3.42. The maximum absolute atomic E-state index is 11.7. The van der Waals surface area contributed by atoms with Gasteiger partial charge in [0.05, 0.1) is 12.8 Å². The molecule has 0 fully saturated rings. The van der Waals surface area contributed by atoms with Crippen molar-refractivity contribution in [1.29, 1.82) is 0 Å². The van der Waals surface area contributed by atoms with Crippen molar-refractivity contribution < 1.29 is 13.9 Å². The van der Waals surface area contributed by atoms with Crippen molar-refractivity contribution in [1.82, 2.24) is 10.3 Å². The van der Waals surface area contributed by atoms with Gasteiger partial charge in [0.15, 0.2) is 11.7 Å². The summed E-state index contributed by atoms with van der Waals surface area (Å²) in [5.41, 5.74) is 0.944. The second-order valence-electron chi connectivity index (χ2n) is 5.28. The zero-order chi connectivity index (χ0) is 16.5. The quantitative estimate of drug-likeness (QED) is 0.718. The number of aromatic nitrogens is 1. The van der Waals surface area contributed by atoms with Gasteiger partial charge >= 0.3 is 0 Å². The maximum Gasteiger partial charge on any atom is 0.220 e. The highest BCUT2D eigenvalue weighted by Crippen LogP contribution is 2.23. The van der Waals surface area contributed by atoms with Crippen LogP contribution in [0.4, 0.5) is 0 Å². The van der Waals surface area contributed by atoms with Gasteiger partial charge in [-0.3, -0.25) is 4.79 Å². The van der Waals surface area contributed by atoms with Crippen LogP contribution >= 0.6 is 0 Å². The molecule has 0 atom stereocenters. The molecule has 0 aliphatic heterocycles. The van der Waals surface area contributed by atoms with E-state index in [2.05, 4.69) is 17.2 Å². The molecule has 0 saturated carbocycles. The molecule has 1 amide bonds. The average Bonchev–Trinajstić information content (AvgIpc) is 3.03. The molecule has 1 aromatic heterocycles. The number of hydrogen-bond donors (Lipinski definition) is 1. The number of carbonyl (C=O) groups is 1. The molecule has 0 bridgehead atoms. The number of nitrogens with one attached hydrogen (secondary N) is 1. The first-order chi connectivity index (χ1) is 11.2. The van der Waals surface area contributed by atoms with Crippen molar-refractivity contribution in [3.05, 3.63) is 36.4 Å². The van der Waals surface area contributed by atoms with E-state index in [1.165, 1.54) is 0 Å². The number of ether oxygens (including phenoxy) is 1. The third-order valence-electron chi connectivity index (χ3n) is 3.42. The lowest BCUT2D eigenvalue weighted by atomic mass is 10.2. The molecule has 0 saturated heterocycles. The molecule has 0 radical (unpaired) electrons. The number of rotatable bonds is 9. The topological polar surface area (TPSA) is 64.4 Å². The molecule has 0 spiro atoms. The van der Waals surface area contributed by atoms with Crippen LogP contribution in [-0.4, -0.2) is 24.0 Å². The predicted molar refractivity (Wildman–Crippen MR) is 89.3 cm³/mol. The number of oxazole rings is 1. The van der Waals surface area contributed by atoms with Gasteiger partial charge in [-0.25, -0.2) is 4.98 Å². The number of nitrogens with zero attached hydrogens (tertiary/aromatic N) is 1. The molecular formula is C18H24N2O3. The molecular weight excluding hydrogens is 292 g/mol. The number of carbonyl (C=O) groups excluding carboxylic acids is 1. The molecule has 5 nitrogen and oxygen atoms in total. The molecule has 2 aromatic rings. The van der Waals surface area contributed by atoms with Crippen molar-refractivity contribution in [3.8, 4) is 17.1 Å². The zero-order valence-electron chi connectivity index (χ0n) is 13.8. The molecule has 23 heavy (non-hydrogen) atoms. The van der Waals surface area contributed by atoms with Crippen LogP contribution in [0.5, 0.6) is 5.75 Å². The summed E-state index contributed by atoms with van der Waals surface area (Å²) in [6, 6.07) is 7.68. The Labute approximate surface area is 137 Å². The summed E-state index contributed by atoms with van der Waals surface area (Å²) in [6.07, 6.45) is 4.68. The fourth-order valence-corrected chi connectivity index (χ4v) is 2.15. The van der Waals surface area contributed by atoms with Crippen LogP contribution in [0.15, 0.2) is 34.9 Å². The van der Waals surface area contributed by atoms with Crippen LogP contribution in [0, 0.1) is 0 Å². The lowest BCUT2D eigenvalue weighted by Gasteiger charge is -2.03. The van der Waals surface area contributed by atoms with Gasteiger partial charge in [-0.15, -0.1) is 0 Å². The van der Waals surface area contributed by atoms with Crippen LogP contribution < -0.4 is 10.1 Å². The van der Waals surface area contributed by atoms with Gasteiger partial charge in [0.1, 0.15) is 5.75 Å². The molecule has 5 heteroatoms. The van der Waals surface area contributed by atoms with Crippen molar-refractivity contribution in [2.45, 2.75) is 39.5 Å². The Bertz CT molecular complexity index is 605. The molecule has 124 valence electrons. The van der Waals surface area contributed by atoms with Crippen LogP contribution in [0.3, 0.4) is 0 Å². The van der Waals surface area contributed by atoms with Crippen molar-refractivity contribution in [3.63, 3.8) is 0 Å². The van der Waals surface area contributed by atoms with Gasteiger partial charge in [0.2, 0.25) is 5.91 Å². The number of benzene rings is 1. The van der Waals surface area contributed by atoms with E-state index in [4.69, 9.17) is 9.15 Å². The van der Waals surface area contributed by atoms with E-state index < -0.39 is 0 Å². The third kappa shape index (κ3) is 5.43. The lowest BCUT2D eigenvalue weighted by Crippen LogP contribution is -2.24. The predicted octanol–water partition coefficient (Wildman–Crippen LogP) is 3.59. The summed E-state index contributed by atoms with van der Waals surface area (Å²) in [5.74, 6) is 2.16. The standard InChI is InChI=1S/C18H24N2O3/c1-3-5-12-19-17(21)10-11-18-20-13-16(23-18)14-6-8-15(9-7-14)22-4-2/h6-9,13H,3-5,10-12H2,1-2H3,(H,19,21). The lowest BCUT2D eigenvalue weighted by molar-refractivity contribution is -0.121. The van der Waals surface area contributed by atoms with Crippen LogP contribution in [0.2, 0.25) is 0 Å². The van der Waals surface area contributed by atoms with Gasteiger partial charge in [-0.1, -0.05) is 13.3 Å². The summed E-state index contributed by atoms with van der Waals surface area (Å²) in [6.45, 7) is 5.43. The smallest absolute Gasteiger partial charge is 0.220 e. The van der Waals surface area contributed by atoms with E-state index in [-0.39, 0.29) is 5.91 Å². The van der Waals surface area contributed by atoms with E-state index >= 15 is 0 Å².